The average molecular weight is 321 g/mol. The van der Waals surface area contributed by atoms with E-state index in [2.05, 4.69) is 15.0 Å². The maximum atomic E-state index is 12.4. The minimum atomic E-state index is -3.79. The van der Waals surface area contributed by atoms with Gasteiger partial charge in [-0.05, 0) is 44.5 Å². The summed E-state index contributed by atoms with van der Waals surface area (Å²) in [6, 6.07) is 6.59. The Kier molecular flexibility index (Phi) is 4.77. The maximum absolute atomic E-state index is 12.4. The molecule has 0 aliphatic rings. The van der Waals surface area contributed by atoms with Gasteiger partial charge in [-0.1, -0.05) is 6.07 Å². The molecule has 0 saturated carbocycles. The SMILES string of the molecule is Cc1ccc(S(=O)(=O)NCC(=O)NC(C)C)c2cccnc12. The highest BCUT2D eigenvalue weighted by Crippen LogP contribution is 2.23. The average Bonchev–Trinajstić information content (AvgIpc) is 2.45. The molecule has 1 amide bonds. The van der Waals surface area contributed by atoms with Gasteiger partial charge in [0.05, 0.1) is 17.0 Å². The quantitative estimate of drug-likeness (QED) is 0.870. The number of nitrogens with zero attached hydrogens (tertiary/aromatic N) is 1. The largest absolute Gasteiger partial charge is 0.353 e. The van der Waals surface area contributed by atoms with E-state index in [4.69, 9.17) is 0 Å². The van der Waals surface area contributed by atoms with Crippen molar-refractivity contribution in [2.45, 2.75) is 31.7 Å². The highest BCUT2D eigenvalue weighted by molar-refractivity contribution is 7.89. The molecular formula is C15H19N3O3S. The van der Waals surface area contributed by atoms with Gasteiger partial charge in [0, 0.05) is 17.6 Å². The number of amides is 1. The summed E-state index contributed by atoms with van der Waals surface area (Å²) in [6.45, 7) is 5.20. The van der Waals surface area contributed by atoms with Gasteiger partial charge in [-0.3, -0.25) is 9.78 Å². The Bertz CT molecular complexity index is 801. The van der Waals surface area contributed by atoms with Crippen LogP contribution in [0.15, 0.2) is 35.4 Å². The molecule has 0 bridgehead atoms. The van der Waals surface area contributed by atoms with Gasteiger partial charge in [0.25, 0.3) is 0 Å². The highest BCUT2D eigenvalue weighted by atomic mass is 32.2. The van der Waals surface area contributed by atoms with Gasteiger partial charge in [0.2, 0.25) is 15.9 Å². The predicted octanol–water partition coefficient (Wildman–Crippen LogP) is 1.35. The van der Waals surface area contributed by atoms with E-state index in [-0.39, 0.29) is 23.4 Å². The van der Waals surface area contributed by atoms with Crippen molar-refractivity contribution in [3.8, 4) is 0 Å². The molecule has 0 aliphatic heterocycles. The third-order valence-corrected chi connectivity index (χ3v) is 4.55. The molecule has 2 N–H and O–H groups in total. The minimum absolute atomic E-state index is 0.0404. The van der Waals surface area contributed by atoms with E-state index >= 15 is 0 Å². The standard InChI is InChI=1S/C15H19N3O3S/c1-10(2)18-14(19)9-17-22(20,21)13-7-6-11(3)15-12(13)5-4-8-16-15/h4-8,10,17H,9H2,1-3H3,(H,18,19). The second kappa shape index (κ2) is 6.41. The second-order valence-corrected chi connectivity index (χ2v) is 7.06. The van der Waals surface area contributed by atoms with Crippen molar-refractivity contribution < 1.29 is 13.2 Å². The molecule has 0 radical (unpaired) electrons. The number of pyridine rings is 1. The molecule has 7 heteroatoms. The molecule has 2 rings (SSSR count). The number of fused-ring (bicyclic) bond motifs is 1. The van der Waals surface area contributed by atoms with Gasteiger partial charge in [0.1, 0.15) is 0 Å². The fourth-order valence-corrected chi connectivity index (χ4v) is 3.31. The fourth-order valence-electron chi connectivity index (χ4n) is 2.13. The number of nitrogens with one attached hydrogen (secondary N) is 2. The number of aromatic nitrogens is 1. The van der Waals surface area contributed by atoms with Gasteiger partial charge in [-0.25, -0.2) is 13.1 Å². The van der Waals surface area contributed by atoms with Crippen LogP contribution in [-0.2, 0) is 14.8 Å². The molecule has 0 spiro atoms. The zero-order valence-corrected chi connectivity index (χ0v) is 13.6. The zero-order chi connectivity index (χ0) is 16.3. The smallest absolute Gasteiger partial charge is 0.241 e. The third-order valence-electron chi connectivity index (χ3n) is 3.09. The summed E-state index contributed by atoms with van der Waals surface area (Å²) in [4.78, 5) is 15.9. The number of hydrogen-bond acceptors (Lipinski definition) is 4. The zero-order valence-electron chi connectivity index (χ0n) is 12.8. The van der Waals surface area contributed by atoms with Crippen LogP contribution in [0.2, 0.25) is 0 Å². The molecule has 0 unspecified atom stereocenters. The van der Waals surface area contributed by atoms with Crippen LogP contribution >= 0.6 is 0 Å². The molecule has 0 aliphatic carbocycles. The fraction of sp³-hybridized carbons (Fsp3) is 0.333. The Balaban J connectivity index is 2.31. The number of aryl methyl sites for hydroxylation is 1. The maximum Gasteiger partial charge on any atom is 0.241 e. The van der Waals surface area contributed by atoms with Crippen molar-refractivity contribution in [2.75, 3.05) is 6.54 Å². The molecule has 0 atom stereocenters. The molecular weight excluding hydrogens is 302 g/mol. The van der Waals surface area contributed by atoms with Gasteiger partial charge >= 0.3 is 0 Å². The Morgan fingerprint density at radius 1 is 1.27 bits per heavy atom. The van der Waals surface area contributed by atoms with Crippen molar-refractivity contribution in [3.05, 3.63) is 36.0 Å². The van der Waals surface area contributed by atoms with Crippen LogP contribution < -0.4 is 10.0 Å². The van der Waals surface area contributed by atoms with Crippen LogP contribution in [0.3, 0.4) is 0 Å². The van der Waals surface area contributed by atoms with E-state index < -0.39 is 10.0 Å². The highest BCUT2D eigenvalue weighted by Gasteiger charge is 2.19. The predicted molar refractivity (Wildman–Crippen MR) is 84.9 cm³/mol. The minimum Gasteiger partial charge on any atom is -0.353 e. The summed E-state index contributed by atoms with van der Waals surface area (Å²) in [5.41, 5.74) is 1.53. The van der Waals surface area contributed by atoms with E-state index in [1.807, 2.05) is 20.8 Å². The first-order chi connectivity index (χ1) is 10.3. The van der Waals surface area contributed by atoms with Crippen LogP contribution in [0.1, 0.15) is 19.4 Å². The Labute approximate surface area is 130 Å². The Hall–Kier alpha value is -1.99. The molecule has 2 aromatic rings. The lowest BCUT2D eigenvalue weighted by atomic mass is 10.1. The van der Waals surface area contributed by atoms with Crippen molar-refractivity contribution in [3.63, 3.8) is 0 Å². The topological polar surface area (TPSA) is 88.2 Å². The number of hydrogen-bond donors (Lipinski definition) is 2. The Morgan fingerprint density at radius 3 is 2.68 bits per heavy atom. The molecule has 1 heterocycles. The third kappa shape index (κ3) is 3.61. The Morgan fingerprint density at radius 2 is 2.00 bits per heavy atom. The van der Waals surface area contributed by atoms with E-state index in [0.29, 0.717) is 10.9 Å². The lowest BCUT2D eigenvalue weighted by Crippen LogP contribution is -2.39. The van der Waals surface area contributed by atoms with Gasteiger partial charge < -0.3 is 5.32 Å². The molecule has 6 nitrogen and oxygen atoms in total. The molecule has 118 valence electrons. The summed E-state index contributed by atoms with van der Waals surface area (Å²) in [6.07, 6.45) is 1.62. The number of carbonyl (C=O) groups excluding carboxylic acids is 1. The molecule has 0 saturated heterocycles. The monoisotopic (exact) mass is 321 g/mol. The number of benzene rings is 1. The lowest BCUT2D eigenvalue weighted by molar-refractivity contribution is -0.120. The van der Waals surface area contributed by atoms with E-state index in [9.17, 15) is 13.2 Å². The lowest BCUT2D eigenvalue weighted by Gasteiger charge is -2.12. The van der Waals surface area contributed by atoms with Crippen LogP contribution in [-0.4, -0.2) is 31.9 Å². The van der Waals surface area contributed by atoms with Crippen LogP contribution in [0.5, 0.6) is 0 Å². The summed E-state index contributed by atoms with van der Waals surface area (Å²) in [5.74, 6) is -0.367. The summed E-state index contributed by atoms with van der Waals surface area (Å²) < 4.78 is 27.2. The van der Waals surface area contributed by atoms with Crippen molar-refractivity contribution in [1.29, 1.82) is 0 Å². The van der Waals surface area contributed by atoms with Gasteiger partial charge in [-0.2, -0.15) is 0 Å². The van der Waals surface area contributed by atoms with Crippen molar-refractivity contribution in [2.24, 2.45) is 0 Å². The first-order valence-electron chi connectivity index (χ1n) is 6.94. The van der Waals surface area contributed by atoms with Crippen molar-refractivity contribution >= 4 is 26.8 Å². The number of sulfonamides is 1. The summed E-state index contributed by atoms with van der Waals surface area (Å²) in [5, 5.41) is 3.18. The van der Waals surface area contributed by atoms with E-state index in [0.717, 1.165) is 5.56 Å². The van der Waals surface area contributed by atoms with Crippen LogP contribution in [0.4, 0.5) is 0 Å². The normalized spacial score (nSPS) is 11.8. The van der Waals surface area contributed by atoms with Gasteiger partial charge in [0.15, 0.2) is 0 Å². The molecule has 22 heavy (non-hydrogen) atoms. The number of carbonyl (C=O) groups is 1. The van der Waals surface area contributed by atoms with E-state index in [1.165, 1.54) is 6.07 Å². The first-order valence-corrected chi connectivity index (χ1v) is 8.43. The molecule has 0 fully saturated rings. The van der Waals surface area contributed by atoms with E-state index in [1.54, 1.807) is 24.4 Å². The summed E-state index contributed by atoms with van der Waals surface area (Å²) in [7, 11) is -3.79. The second-order valence-electron chi connectivity index (χ2n) is 5.33. The van der Waals surface area contributed by atoms with Crippen molar-refractivity contribution in [1.82, 2.24) is 15.0 Å². The first kappa shape index (κ1) is 16.4. The summed E-state index contributed by atoms with van der Waals surface area (Å²) >= 11 is 0. The van der Waals surface area contributed by atoms with Crippen LogP contribution in [0.25, 0.3) is 10.9 Å². The van der Waals surface area contributed by atoms with Gasteiger partial charge in [-0.15, -0.1) is 0 Å². The molecule has 1 aromatic heterocycles. The number of rotatable bonds is 5. The molecule has 1 aromatic carbocycles. The van der Waals surface area contributed by atoms with Crippen LogP contribution in [0, 0.1) is 6.92 Å².